The summed E-state index contributed by atoms with van der Waals surface area (Å²) in [4.78, 5) is 18.9. The highest BCUT2D eigenvalue weighted by atomic mass is 19.1. The molecule has 0 radical (unpaired) electrons. The largest absolute Gasteiger partial charge is 0.389 e. The normalized spacial score (nSPS) is 15.8. The Morgan fingerprint density at radius 3 is 2.53 bits per heavy atom. The number of aliphatic hydroxyl groups is 1. The first-order chi connectivity index (χ1) is 14.5. The van der Waals surface area contributed by atoms with Crippen LogP contribution < -0.4 is 0 Å². The smallest absolute Gasteiger partial charge is 0.254 e. The zero-order chi connectivity index (χ0) is 21.1. The first-order valence-electron chi connectivity index (χ1n) is 10.2. The second-order valence-electron chi connectivity index (χ2n) is 8.08. The van der Waals surface area contributed by atoms with Crippen LogP contribution in [0.2, 0.25) is 0 Å². The van der Waals surface area contributed by atoms with Crippen molar-refractivity contribution in [3.63, 3.8) is 0 Å². The van der Waals surface area contributed by atoms with E-state index in [9.17, 15) is 14.3 Å². The molecule has 0 bridgehead atoms. The van der Waals surface area contributed by atoms with Gasteiger partial charge < -0.3 is 10.0 Å². The number of halogens is 1. The zero-order valence-corrected chi connectivity index (χ0v) is 17.0. The lowest BCUT2D eigenvalue weighted by atomic mass is 9.85. The Kier molecular flexibility index (Phi) is 5.64. The molecule has 1 amide bonds. The number of hydrogen-bond acceptors (Lipinski definition) is 3. The Bertz CT molecular complexity index is 1040. The van der Waals surface area contributed by atoms with Crippen LogP contribution in [-0.2, 0) is 6.42 Å². The molecular weight excluding hydrogens is 379 g/mol. The lowest BCUT2D eigenvalue weighted by Crippen LogP contribution is -2.47. The topological polar surface area (TPSA) is 53.4 Å². The van der Waals surface area contributed by atoms with Gasteiger partial charge in [0, 0.05) is 36.8 Å². The van der Waals surface area contributed by atoms with Crippen molar-refractivity contribution < 1.29 is 14.3 Å². The molecule has 5 heteroatoms. The summed E-state index contributed by atoms with van der Waals surface area (Å²) in [6.45, 7) is 2.85. The molecule has 1 fully saturated rings. The maximum Gasteiger partial charge on any atom is 0.254 e. The van der Waals surface area contributed by atoms with Crippen LogP contribution in [0.15, 0.2) is 67.0 Å². The number of pyridine rings is 1. The van der Waals surface area contributed by atoms with Gasteiger partial charge in [-0.25, -0.2) is 4.39 Å². The van der Waals surface area contributed by atoms with Crippen molar-refractivity contribution in [1.82, 2.24) is 9.88 Å². The van der Waals surface area contributed by atoms with Gasteiger partial charge >= 0.3 is 0 Å². The number of likely N-dealkylation sites (tertiary alicyclic amines) is 1. The molecule has 0 spiro atoms. The summed E-state index contributed by atoms with van der Waals surface area (Å²) in [7, 11) is 0. The fourth-order valence-corrected chi connectivity index (χ4v) is 4.11. The van der Waals surface area contributed by atoms with Gasteiger partial charge in [-0.15, -0.1) is 0 Å². The molecule has 1 aliphatic rings. The summed E-state index contributed by atoms with van der Waals surface area (Å²) < 4.78 is 14.3. The summed E-state index contributed by atoms with van der Waals surface area (Å²) >= 11 is 0. The van der Waals surface area contributed by atoms with Gasteiger partial charge in [-0.3, -0.25) is 9.78 Å². The Hall–Kier alpha value is -3.05. The first-order valence-corrected chi connectivity index (χ1v) is 10.2. The maximum atomic E-state index is 14.3. The van der Waals surface area contributed by atoms with Crippen molar-refractivity contribution in [2.24, 2.45) is 0 Å². The Balaban J connectivity index is 1.54. The average Bonchev–Trinajstić information content (AvgIpc) is 2.75. The van der Waals surface area contributed by atoms with Crippen molar-refractivity contribution in [2.45, 2.75) is 31.8 Å². The minimum atomic E-state index is -0.815. The summed E-state index contributed by atoms with van der Waals surface area (Å²) in [5, 5.41) is 11.0. The summed E-state index contributed by atoms with van der Waals surface area (Å²) in [5.74, 6) is -0.585. The molecule has 2 heterocycles. The quantitative estimate of drug-likeness (QED) is 0.701. The van der Waals surface area contributed by atoms with E-state index in [1.54, 1.807) is 17.0 Å². The van der Waals surface area contributed by atoms with E-state index in [1.807, 2.05) is 49.4 Å². The molecule has 2 aromatic carbocycles. The summed E-state index contributed by atoms with van der Waals surface area (Å²) in [5.41, 5.74) is 2.63. The van der Waals surface area contributed by atoms with Gasteiger partial charge in [-0.1, -0.05) is 48.0 Å². The Labute approximate surface area is 176 Å². The first kappa shape index (κ1) is 20.2. The van der Waals surface area contributed by atoms with Gasteiger partial charge in [-0.2, -0.15) is 0 Å². The van der Waals surface area contributed by atoms with Crippen LogP contribution in [-0.4, -0.2) is 39.6 Å². The van der Waals surface area contributed by atoms with E-state index in [2.05, 4.69) is 4.98 Å². The van der Waals surface area contributed by atoms with Crippen molar-refractivity contribution in [2.75, 3.05) is 13.1 Å². The number of rotatable bonds is 4. The third kappa shape index (κ3) is 4.26. The molecule has 4 rings (SSSR count). The Morgan fingerprint density at radius 1 is 1.10 bits per heavy atom. The molecule has 1 N–H and O–H groups in total. The second-order valence-corrected chi connectivity index (χ2v) is 8.08. The average molecular weight is 404 g/mol. The van der Waals surface area contributed by atoms with Crippen molar-refractivity contribution in [1.29, 1.82) is 0 Å². The molecule has 1 saturated heterocycles. The van der Waals surface area contributed by atoms with Gasteiger partial charge in [0.05, 0.1) is 11.8 Å². The third-order valence-electron chi connectivity index (χ3n) is 5.83. The molecule has 0 atom stereocenters. The lowest BCUT2D eigenvalue weighted by Gasteiger charge is -2.38. The summed E-state index contributed by atoms with van der Waals surface area (Å²) in [6.07, 6.45) is 4.29. The van der Waals surface area contributed by atoms with Crippen molar-refractivity contribution in [3.8, 4) is 11.1 Å². The highest BCUT2D eigenvalue weighted by Crippen LogP contribution is 2.31. The van der Waals surface area contributed by atoms with Gasteiger partial charge in [0.1, 0.15) is 5.82 Å². The molecular formula is C25H25FN2O2. The van der Waals surface area contributed by atoms with Crippen LogP contribution in [0.4, 0.5) is 4.39 Å². The Morgan fingerprint density at radius 2 is 1.83 bits per heavy atom. The molecule has 1 aliphatic heterocycles. The fraction of sp³-hybridized carbons (Fsp3) is 0.280. The third-order valence-corrected chi connectivity index (χ3v) is 5.83. The monoisotopic (exact) mass is 404 g/mol. The van der Waals surface area contributed by atoms with Crippen LogP contribution in [0.5, 0.6) is 0 Å². The predicted octanol–water partition coefficient (Wildman–Crippen LogP) is 4.41. The van der Waals surface area contributed by atoms with E-state index in [1.165, 1.54) is 6.20 Å². The number of carbonyl (C=O) groups is 1. The van der Waals surface area contributed by atoms with E-state index < -0.39 is 11.4 Å². The number of aryl methyl sites for hydroxylation is 1. The zero-order valence-electron chi connectivity index (χ0n) is 17.0. The number of hydrogen-bond donors (Lipinski definition) is 1. The number of piperidine rings is 1. The van der Waals surface area contributed by atoms with Crippen molar-refractivity contribution >= 4 is 5.91 Å². The fourth-order valence-electron chi connectivity index (χ4n) is 4.11. The van der Waals surface area contributed by atoms with Gasteiger partial charge in [0.15, 0.2) is 0 Å². The number of benzene rings is 2. The van der Waals surface area contributed by atoms with Crippen LogP contribution >= 0.6 is 0 Å². The van der Waals surface area contributed by atoms with E-state index in [4.69, 9.17) is 0 Å². The maximum absolute atomic E-state index is 14.3. The lowest BCUT2D eigenvalue weighted by molar-refractivity contribution is -0.0162. The van der Waals surface area contributed by atoms with Gasteiger partial charge in [-0.05, 0) is 43.0 Å². The summed E-state index contributed by atoms with van der Waals surface area (Å²) in [6, 6.07) is 17.0. The van der Waals surface area contributed by atoms with Crippen molar-refractivity contribution in [3.05, 3.63) is 89.5 Å². The molecule has 30 heavy (non-hydrogen) atoms. The standard InChI is InChI=1S/C25H25FN2O2/c1-18-7-8-20(21-9-12-27-17-23(21)26)22(15-18)24(29)28-13-10-25(30,11-14-28)16-19-5-3-2-4-6-19/h2-9,12,15,17,30H,10-11,13-14,16H2,1H3. The molecule has 3 aromatic rings. The molecule has 0 unspecified atom stereocenters. The highest BCUT2D eigenvalue weighted by Gasteiger charge is 2.34. The van der Waals surface area contributed by atoms with Crippen LogP contribution in [0.3, 0.4) is 0 Å². The number of amides is 1. The molecule has 0 aliphatic carbocycles. The molecule has 1 aromatic heterocycles. The van der Waals surface area contributed by atoms with Crippen LogP contribution in [0.1, 0.15) is 34.3 Å². The van der Waals surface area contributed by atoms with Crippen LogP contribution in [0, 0.1) is 12.7 Å². The predicted molar refractivity (Wildman–Crippen MR) is 115 cm³/mol. The molecule has 0 saturated carbocycles. The molecule has 154 valence electrons. The van der Waals surface area contributed by atoms with E-state index in [0.29, 0.717) is 49.0 Å². The van der Waals surface area contributed by atoms with Gasteiger partial charge in [0.25, 0.3) is 5.91 Å². The minimum Gasteiger partial charge on any atom is -0.389 e. The van der Waals surface area contributed by atoms with Gasteiger partial charge in [0.2, 0.25) is 0 Å². The molecule has 4 nitrogen and oxygen atoms in total. The van der Waals surface area contributed by atoms with Crippen LogP contribution in [0.25, 0.3) is 11.1 Å². The van der Waals surface area contributed by atoms with E-state index >= 15 is 0 Å². The van der Waals surface area contributed by atoms with E-state index in [0.717, 1.165) is 17.3 Å². The number of nitrogens with zero attached hydrogens (tertiary/aromatic N) is 2. The number of aromatic nitrogens is 1. The SMILES string of the molecule is Cc1ccc(-c2ccncc2F)c(C(=O)N2CCC(O)(Cc3ccccc3)CC2)c1. The highest BCUT2D eigenvalue weighted by molar-refractivity contribution is 6.01. The second kappa shape index (κ2) is 8.36. The minimum absolute atomic E-state index is 0.133. The number of carbonyl (C=O) groups excluding carboxylic acids is 1. The van der Waals surface area contributed by atoms with E-state index in [-0.39, 0.29) is 5.91 Å².